The second-order valence-electron chi connectivity index (χ2n) is 2.69. The van der Waals surface area contributed by atoms with Gasteiger partial charge in [0.1, 0.15) is 0 Å². The molecule has 0 aliphatic carbocycles. The summed E-state index contributed by atoms with van der Waals surface area (Å²) in [6.45, 7) is 6.17. The predicted molar refractivity (Wildman–Crippen MR) is 36.5 cm³/mol. The number of rotatable bonds is 2. The van der Waals surface area contributed by atoms with Gasteiger partial charge in [0.2, 0.25) is 0 Å². The van der Waals surface area contributed by atoms with E-state index < -0.39 is 0 Å². The first kappa shape index (κ1) is 7.92. The Kier molecular flexibility index (Phi) is 2.44. The zero-order chi connectivity index (χ0) is 6.78. The lowest BCUT2D eigenvalue weighted by Gasteiger charge is -2.28. The molecular formula is C6H16N2. The van der Waals surface area contributed by atoms with E-state index in [-0.39, 0.29) is 5.66 Å². The Bertz CT molecular complexity index is 66.9. The second kappa shape index (κ2) is 2.46. The van der Waals surface area contributed by atoms with E-state index in [0.29, 0.717) is 5.92 Å². The van der Waals surface area contributed by atoms with Crippen molar-refractivity contribution in [1.29, 1.82) is 0 Å². The second-order valence-corrected chi connectivity index (χ2v) is 2.69. The molecule has 0 fully saturated rings. The monoisotopic (exact) mass is 116 g/mol. The summed E-state index contributed by atoms with van der Waals surface area (Å²) in [7, 11) is 1.88. The fraction of sp³-hybridized carbons (Fsp3) is 1.00. The molecule has 0 amide bonds. The Morgan fingerprint density at radius 1 is 1.50 bits per heavy atom. The van der Waals surface area contributed by atoms with Gasteiger partial charge in [-0.15, -0.1) is 0 Å². The molecule has 8 heavy (non-hydrogen) atoms. The van der Waals surface area contributed by atoms with Crippen LogP contribution in [0.1, 0.15) is 20.8 Å². The first-order valence-electron chi connectivity index (χ1n) is 2.98. The normalized spacial score (nSPS) is 18.8. The molecule has 0 saturated carbocycles. The average molecular weight is 116 g/mol. The van der Waals surface area contributed by atoms with Crippen molar-refractivity contribution in [2.45, 2.75) is 26.4 Å². The van der Waals surface area contributed by atoms with Crippen molar-refractivity contribution < 1.29 is 0 Å². The molecule has 50 valence electrons. The number of nitrogens with two attached hydrogens (primary N) is 1. The van der Waals surface area contributed by atoms with Crippen molar-refractivity contribution >= 4 is 0 Å². The van der Waals surface area contributed by atoms with E-state index in [2.05, 4.69) is 19.2 Å². The van der Waals surface area contributed by atoms with Crippen molar-refractivity contribution in [3.63, 3.8) is 0 Å². The molecule has 0 aromatic rings. The molecule has 3 N–H and O–H groups in total. The number of nitrogens with one attached hydrogen (secondary N) is 1. The summed E-state index contributed by atoms with van der Waals surface area (Å²) < 4.78 is 0. The fourth-order valence-electron chi connectivity index (χ4n) is 0.289. The summed E-state index contributed by atoms with van der Waals surface area (Å²) >= 11 is 0. The van der Waals surface area contributed by atoms with E-state index in [1.54, 1.807) is 0 Å². The number of hydrogen-bond donors (Lipinski definition) is 2. The zero-order valence-corrected chi connectivity index (χ0v) is 6.15. The van der Waals surface area contributed by atoms with Gasteiger partial charge >= 0.3 is 0 Å². The Morgan fingerprint density at radius 3 is 1.88 bits per heavy atom. The van der Waals surface area contributed by atoms with Gasteiger partial charge in [0, 0.05) is 0 Å². The highest BCUT2D eigenvalue weighted by Gasteiger charge is 2.18. The SMILES string of the molecule is CN[C@](C)(N)C(C)C. The molecule has 0 heterocycles. The molecule has 0 unspecified atom stereocenters. The molecule has 0 bridgehead atoms. The van der Waals surface area contributed by atoms with Crippen LogP contribution in [0.2, 0.25) is 0 Å². The van der Waals surface area contributed by atoms with Crippen LogP contribution >= 0.6 is 0 Å². The van der Waals surface area contributed by atoms with E-state index in [9.17, 15) is 0 Å². The molecule has 0 radical (unpaired) electrons. The molecule has 1 atom stereocenters. The zero-order valence-electron chi connectivity index (χ0n) is 6.15. The van der Waals surface area contributed by atoms with Gasteiger partial charge < -0.3 is 11.1 Å². The minimum Gasteiger partial charge on any atom is -0.313 e. The van der Waals surface area contributed by atoms with Gasteiger partial charge in [-0.2, -0.15) is 0 Å². The van der Waals surface area contributed by atoms with Crippen LogP contribution in [-0.4, -0.2) is 12.7 Å². The molecule has 0 aliphatic rings. The van der Waals surface area contributed by atoms with Crippen LogP contribution in [0.25, 0.3) is 0 Å². The van der Waals surface area contributed by atoms with Gasteiger partial charge in [-0.25, -0.2) is 0 Å². The van der Waals surface area contributed by atoms with Crippen LogP contribution in [0.5, 0.6) is 0 Å². The Hall–Kier alpha value is -0.0800. The largest absolute Gasteiger partial charge is 0.313 e. The van der Waals surface area contributed by atoms with Gasteiger partial charge in [-0.05, 0) is 19.9 Å². The summed E-state index contributed by atoms with van der Waals surface area (Å²) in [6.07, 6.45) is 0. The highest BCUT2D eigenvalue weighted by atomic mass is 15.1. The van der Waals surface area contributed by atoms with E-state index >= 15 is 0 Å². The summed E-state index contributed by atoms with van der Waals surface area (Å²) in [6, 6.07) is 0. The van der Waals surface area contributed by atoms with Gasteiger partial charge in [0.05, 0.1) is 5.66 Å². The fourth-order valence-corrected chi connectivity index (χ4v) is 0.289. The maximum absolute atomic E-state index is 5.75. The molecule has 0 spiro atoms. The smallest absolute Gasteiger partial charge is 0.0654 e. The maximum atomic E-state index is 5.75. The van der Waals surface area contributed by atoms with Crippen LogP contribution in [0.4, 0.5) is 0 Å². The molecule has 2 nitrogen and oxygen atoms in total. The van der Waals surface area contributed by atoms with Crippen LogP contribution in [-0.2, 0) is 0 Å². The molecule has 2 heteroatoms. The molecule has 0 aliphatic heterocycles. The third kappa shape index (κ3) is 1.80. The Morgan fingerprint density at radius 2 is 1.88 bits per heavy atom. The third-order valence-electron chi connectivity index (χ3n) is 1.74. The summed E-state index contributed by atoms with van der Waals surface area (Å²) in [5.41, 5.74) is 5.54. The Balaban J connectivity index is 3.71. The summed E-state index contributed by atoms with van der Waals surface area (Å²) in [5, 5.41) is 3.02. The van der Waals surface area contributed by atoms with Gasteiger partial charge in [0.15, 0.2) is 0 Å². The number of hydrogen-bond acceptors (Lipinski definition) is 2. The summed E-state index contributed by atoms with van der Waals surface area (Å²) in [4.78, 5) is 0. The minimum atomic E-state index is -0.208. The molecule has 0 aromatic heterocycles. The van der Waals surface area contributed by atoms with E-state index in [0.717, 1.165) is 0 Å². The quantitative estimate of drug-likeness (QED) is 0.517. The summed E-state index contributed by atoms with van der Waals surface area (Å²) in [5.74, 6) is 0.479. The van der Waals surface area contributed by atoms with Crippen molar-refractivity contribution in [3.8, 4) is 0 Å². The highest BCUT2D eigenvalue weighted by molar-refractivity contribution is 4.76. The lowest BCUT2D eigenvalue weighted by Crippen LogP contribution is -2.53. The molecule has 0 saturated heterocycles. The van der Waals surface area contributed by atoms with Gasteiger partial charge in [-0.3, -0.25) is 0 Å². The molecule has 0 rings (SSSR count). The predicted octanol–water partition coefficient (Wildman–Crippen LogP) is 0.537. The van der Waals surface area contributed by atoms with Crippen LogP contribution in [0.15, 0.2) is 0 Å². The molecular weight excluding hydrogens is 100 g/mol. The Labute approximate surface area is 51.5 Å². The average Bonchev–Trinajstić information content (AvgIpc) is 1.67. The van der Waals surface area contributed by atoms with Gasteiger partial charge in [0.25, 0.3) is 0 Å². The van der Waals surface area contributed by atoms with E-state index in [1.165, 1.54) is 0 Å². The standard InChI is InChI=1S/C6H16N2/c1-5(2)6(3,7)8-4/h5,8H,7H2,1-4H3/t6-/m0/s1. The van der Waals surface area contributed by atoms with Crippen LogP contribution in [0, 0.1) is 5.92 Å². The van der Waals surface area contributed by atoms with Crippen molar-refractivity contribution in [1.82, 2.24) is 5.32 Å². The van der Waals surface area contributed by atoms with E-state index in [4.69, 9.17) is 5.73 Å². The van der Waals surface area contributed by atoms with Crippen LogP contribution in [0.3, 0.4) is 0 Å². The molecule has 0 aromatic carbocycles. The van der Waals surface area contributed by atoms with Crippen LogP contribution < -0.4 is 11.1 Å². The highest BCUT2D eigenvalue weighted by Crippen LogP contribution is 2.06. The minimum absolute atomic E-state index is 0.208. The first-order chi connectivity index (χ1) is 3.50. The van der Waals surface area contributed by atoms with Gasteiger partial charge in [-0.1, -0.05) is 13.8 Å². The van der Waals surface area contributed by atoms with Crippen molar-refractivity contribution in [2.75, 3.05) is 7.05 Å². The van der Waals surface area contributed by atoms with Crippen molar-refractivity contribution in [2.24, 2.45) is 11.7 Å². The lowest BCUT2D eigenvalue weighted by molar-refractivity contribution is 0.291. The first-order valence-corrected chi connectivity index (χ1v) is 2.98. The van der Waals surface area contributed by atoms with E-state index in [1.807, 2.05) is 14.0 Å². The third-order valence-corrected chi connectivity index (χ3v) is 1.74. The topological polar surface area (TPSA) is 38.0 Å². The van der Waals surface area contributed by atoms with Crippen molar-refractivity contribution in [3.05, 3.63) is 0 Å². The maximum Gasteiger partial charge on any atom is 0.0654 e. The lowest BCUT2D eigenvalue weighted by atomic mass is 10.00.